The van der Waals surface area contributed by atoms with Gasteiger partial charge in [-0.25, -0.2) is 9.97 Å². The summed E-state index contributed by atoms with van der Waals surface area (Å²) in [5.41, 5.74) is 3.62. The molecule has 4 rings (SSSR count). The standard InChI is InChI=1S/C21H27N5/c1-18(17-24-11-2-3-12-24)25-13-15-26(16-14-25)20-7-5-19(6-8-20)21-22-9-4-10-23-21/h4-10H,1-3,11-17H2. The molecule has 5 heteroatoms. The van der Waals surface area contributed by atoms with Crippen molar-refractivity contribution in [3.8, 4) is 11.4 Å². The van der Waals surface area contributed by atoms with E-state index in [4.69, 9.17) is 0 Å². The van der Waals surface area contributed by atoms with Crippen molar-refractivity contribution in [3.05, 3.63) is 55.0 Å². The third kappa shape index (κ3) is 3.88. The topological polar surface area (TPSA) is 35.5 Å². The number of rotatable bonds is 5. The maximum Gasteiger partial charge on any atom is 0.159 e. The molecule has 2 fully saturated rings. The van der Waals surface area contributed by atoms with Crippen molar-refractivity contribution in [2.45, 2.75) is 12.8 Å². The van der Waals surface area contributed by atoms with E-state index in [1.807, 2.05) is 6.07 Å². The second kappa shape index (κ2) is 7.87. The Balaban J connectivity index is 1.32. The van der Waals surface area contributed by atoms with Crippen molar-refractivity contribution in [2.24, 2.45) is 0 Å². The van der Waals surface area contributed by atoms with Crippen molar-refractivity contribution >= 4 is 5.69 Å². The van der Waals surface area contributed by atoms with Gasteiger partial charge in [0, 0.05) is 62.1 Å². The Morgan fingerprint density at radius 3 is 2.19 bits per heavy atom. The first-order valence-electron chi connectivity index (χ1n) is 9.57. The molecule has 2 aromatic rings. The smallest absolute Gasteiger partial charge is 0.159 e. The molecule has 3 heterocycles. The van der Waals surface area contributed by atoms with Crippen LogP contribution in [0.3, 0.4) is 0 Å². The summed E-state index contributed by atoms with van der Waals surface area (Å²) in [5, 5.41) is 0. The normalized spacial score (nSPS) is 18.3. The Labute approximate surface area is 156 Å². The van der Waals surface area contributed by atoms with Gasteiger partial charge in [-0.3, -0.25) is 4.90 Å². The average Bonchev–Trinajstić information content (AvgIpc) is 3.22. The summed E-state index contributed by atoms with van der Waals surface area (Å²) in [4.78, 5) is 16.1. The van der Waals surface area contributed by atoms with Crippen LogP contribution in [0.25, 0.3) is 11.4 Å². The third-order valence-corrected chi connectivity index (χ3v) is 5.39. The van der Waals surface area contributed by atoms with Gasteiger partial charge in [-0.2, -0.15) is 0 Å². The minimum atomic E-state index is 0.780. The van der Waals surface area contributed by atoms with Gasteiger partial charge >= 0.3 is 0 Å². The molecule has 0 amide bonds. The number of hydrogen-bond donors (Lipinski definition) is 0. The lowest BCUT2D eigenvalue weighted by molar-refractivity contribution is 0.270. The fourth-order valence-electron chi connectivity index (χ4n) is 3.85. The second-order valence-electron chi connectivity index (χ2n) is 7.14. The maximum absolute atomic E-state index is 4.34. The third-order valence-electron chi connectivity index (χ3n) is 5.39. The summed E-state index contributed by atoms with van der Waals surface area (Å²) in [5.74, 6) is 0.780. The highest BCUT2D eigenvalue weighted by atomic mass is 15.3. The van der Waals surface area contributed by atoms with Gasteiger partial charge in [0.2, 0.25) is 0 Å². The van der Waals surface area contributed by atoms with Gasteiger partial charge in [0.15, 0.2) is 5.82 Å². The Hall–Kier alpha value is -2.40. The van der Waals surface area contributed by atoms with Crippen LogP contribution in [0.4, 0.5) is 5.69 Å². The van der Waals surface area contributed by atoms with E-state index in [9.17, 15) is 0 Å². The molecular formula is C21H27N5. The lowest BCUT2D eigenvalue weighted by atomic mass is 10.1. The van der Waals surface area contributed by atoms with Crippen LogP contribution in [-0.4, -0.2) is 65.6 Å². The molecule has 2 aliphatic rings. The fourth-order valence-corrected chi connectivity index (χ4v) is 3.85. The van der Waals surface area contributed by atoms with Crippen molar-refractivity contribution in [3.63, 3.8) is 0 Å². The molecule has 1 aromatic heterocycles. The molecule has 136 valence electrons. The number of piperazine rings is 1. The maximum atomic E-state index is 4.34. The summed E-state index contributed by atoms with van der Waals surface area (Å²) in [6.07, 6.45) is 6.24. The van der Waals surface area contributed by atoms with E-state index in [1.165, 1.54) is 37.3 Å². The molecule has 0 radical (unpaired) electrons. The van der Waals surface area contributed by atoms with Crippen LogP contribution < -0.4 is 4.90 Å². The van der Waals surface area contributed by atoms with E-state index >= 15 is 0 Å². The largest absolute Gasteiger partial charge is 0.371 e. The molecule has 0 unspecified atom stereocenters. The number of anilines is 1. The van der Waals surface area contributed by atoms with Crippen LogP contribution >= 0.6 is 0 Å². The lowest BCUT2D eigenvalue weighted by Gasteiger charge is -2.39. The van der Waals surface area contributed by atoms with Gasteiger partial charge in [0.1, 0.15) is 0 Å². The molecule has 5 nitrogen and oxygen atoms in total. The average molecular weight is 349 g/mol. The Kier molecular flexibility index (Phi) is 5.16. The first kappa shape index (κ1) is 17.0. The Bertz CT molecular complexity index is 714. The minimum absolute atomic E-state index is 0.780. The van der Waals surface area contributed by atoms with Crippen LogP contribution in [0.5, 0.6) is 0 Å². The number of likely N-dealkylation sites (tertiary alicyclic amines) is 1. The van der Waals surface area contributed by atoms with Crippen LogP contribution in [0.2, 0.25) is 0 Å². The zero-order chi connectivity index (χ0) is 17.8. The van der Waals surface area contributed by atoms with Crippen molar-refractivity contribution < 1.29 is 0 Å². The summed E-state index contributed by atoms with van der Waals surface area (Å²) in [6.45, 7) is 12.0. The Morgan fingerprint density at radius 1 is 0.885 bits per heavy atom. The van der Waals surface area contributed by atoms with Crippen LogP contribution in [-0.2, 0) is 0 Å². The van der Waals surface area contributed by atoms with Crippen molar-refractivity contribution in [1.82, 2.24) is 19.8 Å². The monoisotopic (exact) mass is 349 g/mol. The first-order chi connectivity index (χ1) is 12.8. The van der Waals surface area contributed by atoms with E-state index in [1.54, 1.807) is 12.4 Å². The highest BCUT2D eigenvalue weighted by molar-refractivity contribution is 5.60. The fraction of sp³-hybridized carbons (Fsp3) is 0.429. The van der Waals surface area contributed by atoms with Crippen LogP contribution in [0.1, 0.15) is 12.8 Å². The summed E-state index contributed by atoms with van der Waals surface area (Å²) in [6, 6.07) is 10.4. The Morgan fingerprint density at radius 2 is 1.54 bits per heavy atom. The van der Waals surface area contributed by atoms with Gasteiger partial charge in [-0.1, -0.05) is 6.58 Å². The number of nitrogens with zero attached hydrogens (tertiary/aromatic N) is 5. The first-order valence-corrected chi connectivity index (χ1v) is 9.57. The van der Waals surface area contributed by atoms with Crippen LogP contribution in [0.15, 0.2) is 55.0 Å². The molecule has 0 aliphatic carbocycles. The molecule has 0 bridgehead atoms. The SMILES string of the molecule is C=C(CN1CCCC1)N1CCN(c2ccc(-c3ncccn3)cc2)CC1. The van der Waals surface area contributed by atoms with Crippen LogP contribution in [0, 0.1) is 0 Å². The second-order valence-corrected chi connectivity index (χ2v) is 7.14. The zero-order valence-electron chi connectivity index (χ0n) is 15.3. The molecule has 0 atom stereocenters. The van der Waals surface area contributed by atoms with E-state index in [0.717, 1.165) is 44.1 Å². The predicted molar refractivity (Wildman–Crippen MR) is 106 cm³/mol. The highest BCUT2D eigenvalue weighted by Crippen LogP contribution is 2.22. The summed E-state index contributed by atoms with van der Waals surface area (Å²) in [7, 11) is 0. The predicted octanol–water partition coefficient (Wildman–Crippen LogP) is 2.88. The molecule has 2 aliphatic heterocycles. The summed E-state index contributed by atoms with van der Waals surface area (Å²) < 4.78 is 0. The van der Waals surface area contributed by atoms with E-state index in [-0.39, 0.29) is 0 Å². The quantitative estimate of drug-likeness (QED) is 0.829. The number of hydrogen-bond acceptors (Lipinski definition) is 5. The summed E-state index contributed by atoms with van der Waals surface area (Å²) >= 11 is 0. The van der Waals surface area contributed by atoms with Crippen molar-refractivity contribution in [1.29, 1.82) is 0 Å². The number of aromatic nitrogens is 2. The van der Waals surface area contributed by atoms with Crippen molar-refractivity contribution in [2.75, 3.05) is 50.7 Å². The van der Waals surface area contributed by atoms with Gasteiger partial charge in [-0.05, 0) is 56.3 Å². The highest BCUT2D eigenvalue weighted by Gasteiger charge is 2.20. The number of benzene rings is 1. The zero-order valence-corrected chi connectivity index (χ0v) is 15.3. The van der Waals surface area contributed by atoms with Gasteiger partial charge in [-0.15, -0.1) is 0 Å². The van der Waals surface area contributed by atoms with E-state index in [2.05, 4.69) is 55.5 Å². The lowest BCUT2D eigenvalue weighted by Crippen LogP contribution is -2.47. The van der Waals surface area contributed by atoms with Gasteiger partial charge in [0.25, 0.3) is 0 Å². The molecule has 0 spiro atoms. The molecule has 0 saturated carbocycles. The molecular weight excluding hydrogens is 322 g/mol. The molecule has 0 N–H and O–H groups in total. The minimum Gasteiger partial charge on any atom is -0.371 e. The molecule has 2 saturated heterocycles. The molecule has 26 heavy (non-hydrogen) atoms. The molecule has 1 aromatic carbocycles. The van der Waals surface area contributed by atoms with Gasteiger partial charge in [0.05, 0.1) is 0 Å². The van der Waals surface area contributed by atoms with Gasteiger partial charge < -0.3 is 9.80 Å². The van der Waals surface area contributed by atoms with E-state index in [0.29, 0.717) is 0 Å². The van der Waals surface area contributed by atoms with E-state index < -0.39 is 0 Å².